The van der Waals surface area contributed by atoms with Crippen molar-refractivity contribution in [3.8, 4) is 0 Å². The van der Waals surface area contributed by atoms with Crippen molar-refractivity contribution in [1.29, 1.82) is 0 Å². The number of H-pyrrole nitrogens is 1. The topological polar surface area (TPSA) is 127 Å². The van der Waals surface area contributed by atoms with E-state index < -0.39 is 16.0 Å². The van der Waals surface area contributed by atoms with Crippen LogP contribution in [0.2, 0.25) is 0 Å². The quantitative estimate of drug-likeness (QED) is 0.538. The maximum Gasteiger partial charge on any atom is 0.358 e. The Labute approximate surface area is 124 Å². The minimum Gasteiger partial charge on any atom is -0.464 e. The molecule has 0 radical (unpaired) electrons. The maximum atomic E-state index is 12.1. The molecule has 11 heteroatoms. The zero-order chi connectivity index (χ0) is 15.3. The van der Waals surface area contributed by atoms with Crippen LogP contribution >= 0.6 is 11.3 Å². The Balaban J connectivity index is 1.95. The number of aryl methyl sites for hydroxylation is 1. The van der Waals surface area contributed by atoms with Gasteiger partial charge in [0.1, 0.15) is 12.2 Å². The van der Waals surface area contributed by atoms with Crippen molar-refractivity contribution in [1.82, 2.24) is 24.9 Å². The number of aromatic nitrogens is 4. The summed E-state index contributed by atoms with van der Waals surface area (Å²) in [4.78, 5) is 19.1. The lowest BCUT2D eigenvalue weighted by Gasteiger charge is -2.05. The van der Waals surface area contributed by atoms with Gasteiger partial charge in [-0.1, -0.05) is 0 Å². The SMILES string of the molecule is COC(=O)c1ncsc1S(=O)(=O)NCCCc1ncn[nH]1. The molecular weight excluding hydrogens is 318 g/mol. The van der Waals surface area contributed by atoms with Gasteiger partial charge in [0.25, 0.3) is 10.0 Å². The van der Waals surface area contributed by atoms with Crippen LogP contribution in [0.25, 0.3) is 0 Å². The zero-order valence-electron chi connectivity index (χ0n) is 11.1. The van der Waals surface area contributed by atoms with Crippen LogP contribution in [-0.4, -0.2) is 48.2 Å². The van der Waals surface area contributed by atoms with E-state index in [9.17, 15) is 13.2 Å². The Kier molecular flexibility index (Phi) is 4.98. The van der Waals surface area contributed by atoms with E-state index in [0.717, 1.165) is 11.3 Å². The number of nitrogens with zero attached hydrogens (tertiary/aromatic N) is 3. The number of carbonyl (C=O) groups is 1. The summed E-state index contributed by atoms with van der Waals surface area (Å²) >= 11 is 0.865. The number of methoxy groups -OCH3 is 1. The Bertz CT molecular complexity index is 695. The summed E-state index contributed by atoms with van der Waals surface area (Å²) in [5.41, 5.74) is 1.08. The first-order valence-corrected chi connectivity index (χ1v) is 8.26. The summed E-state index contributed by atoms with van der Waals surface area (Å²) in [6, 6.07) is 0. The van der Waals surface area contributed by atoms with E-state index in [1.54, 1.807) is 0 Å². The molecule has 2 rings (SSSR count). The van der Waals surface area contributed by atoms with Crippen LogP contribution in [0, 0.1) is 0 Å². The van der Waals surface area contributed by atoms with Crippen molar-refractivity contribution < 1.29 is 17.9 Å². The molecule has 0 spiro atoms. The van der Waals surface area contributed by atoms with Gasteiger partial charge in [0.15, 0.2) is 9.90 Å². The highest BCUT2D eigenvalue weighted by molar-refractivity contribution is 7.91. The molecule has 0 unspecified atom stereocenters. The molecule has 0 fully saturated rings. The Morgan fingerprint density at radius 3 is 2.95 bits per heavy atom. The number of hydrogen-bond acceptors (Lipinski definition) is 8. The molecule has 21 heavy (non-hydrogen) atoms. The lowest BCUT2D eigenvalue weighted by molar-refractivity contribution is 0.0590. The minimum absolute atomic E-state index is 0.144. The number of carbonyl (C=O) groups excluding carboxylic acids is 1. The number of aromatic amines is 1. The third-order valence-electron chi connectivity index (χ3n) is 2.51. The molecule has 0 aromatic carbocycles. The van der Waals surface area contributed by atoms with Crippen molar-refractivity contribution in [2.75, 3.05) is 13.7 Å². The van der Waals surface area contributed by atoms with Crippen LogP contribution in [0.5, 0.6) is 0 Å². The number of ether oxygens (including phenoxy) is 1. The zero-order valence-corrected chi connectivity index (χ0v) is 12.7. The second-order valence-electron chi connectivity index (χ2n) is 3.91. The molecule has 2 heterocycles. The van der Waals surface area contributed by atoms with Gasteiger partial charge in [0.05, 0.1) is 12.6 Å². The first-order chi connectivity index (χ1) is 10.0. The van der Waals surface area contributed by atoms with Crippen molar-refractivity contribution in [2.45, 2.75) is 17.1 Å². The molecule has 0 bridgehead atoms. The molecule has 2 N–H and O–H groups in total. The highest BCUT2D eigenvalue weighted by atomic mass is 32.2. The fourth-order valence-electron chi connectivity index (χ4n) is 1.54. The Hall–Kier alpha value is -1.85. The molecule has 0 aliphatic carbocycles. The van der Waals surface area contributed by atoms with E-state index in [2.05, 4.69) is 29.6 Å². The number of hydrogen-bond donors (Lipinski definition) is 2. The molecule has 0 saturated carbocycles. The van der Waals surface area contributed by atoms with Gasteiger partial charge in [0, 0.05) is 13.0 Å². The van der Waals surface area contributed by atoms with Crippen LogP contribution in [-0.2, 0) is 21.2 Å². The van der Waals surface area contributed by atoms with Gasteiger partial charge in [-0.15, -0.1) is 11.3 Å². The van der Waals surface area contributed by atoms with E-state index in [-0.39, 0.29) is 16.4 Å². The fraction of sp³-hybridized carbons (Fsp3) is 0.400. The number of thiazole rings is 1. The van der Waals surface area contributed by atoms with Crippen LogP contribution in [0.4, 0.5) is 0 Å². The number of sulfonamides is 1. The number of rotatable bonds is 7. The molecule has 114 valence electrons. The van der Waals surface area contributed by atoms with E-state index in [1.165, 1.54) is 18.9 Å². The standard InChI is InChI=1S/C10H13N5O4S2/c1-19-9(16)8-10(20-6-12-8)21(17,18)14-4-2-3-7-11-5-13-15-7/h5-6,14H,2-4H2,1H3,(H,11,13,15). The molecule has 2 aromatic heterocycles. The highest BCUT2D eigenvalue weighted by Crippen LogP contribution is 2.20. The Morgan fingerprint density at radius 2 is 2.29 bits per heavy atom. The third kappa shape index (κ3) is 3.83. The second kappa shape index (κ2) is 6.74. The van der Waals surface area contributed by atoms with Gasteiger partial charge in [-0.2, -0.15) is 5.10 Å². The van der Waals surface area contributed by atoms with Crippen molar-refractivity contribution in [3.63, 3.8) is 0 Å². The van der Waals surface area contributed by atoms with Gasteiger partial charge in [-0.05, 0) is 6.42 Å². The van der Waals surface area contributed by atoms with Crippen molar-refractivity contribution >= 4 is 27.3 Å². The van der Waals surface area contributed by atoms with E-state index >= 15 is 0 Å². The summed E-state index contributed by atoms with van der Waals surface area (Å²) in [6.45, 7) is 0.210. The molecular formula is C10H13N5O4S2. The summed E-state index contributed by atoms with van der Waals surface area (Å²) in [5, 5.41) is 6.38. The summed E-state index contributed by atoms with van der Waals surface area (Å²) in [6.07, 6.45) is 2.50. The Morgan fingerprint density at radius 1 is 1.48 bits per heavy atom. The first-order valence-electron chi connectivity index (χ1n) is 5.90. The van der Waals surface area contributed by atoms with Crippen molar-refractivity contribution in [2.24, 2.45) is 0 Å². The summed E-state index contributed by atoms with van der Waals surface area (Å²) < 4.78 is 31.0. The fourth-order valence-corrected chi connectivity index (χ4v) is 3.79. The predicted octanol–water partition coefficient (Wildman–Crippen LogP) is -0.0411. The molecule has 0 amide bonds. The molecule has 0 aliphatic heterocycles. The predicted molar refractivity (Wildman–Crippen MR) is 73.3 cm³/mol. The van der Waals surface area contributed by atoms with Crippen molar-refractivity contribution in [3.05, 3.63) is 23.4 Å². The normalized spacial score (nSPS) is 11.5. The molecule has 0 atom stereocenters. The largest absolute Gasteiger partial charge is 0.464 e. The smallest absolute Gasteiger partial charge is 0.358 e. The van der Waals surface area contributed by atoms with E-state index in [1.807, 2.05) is 0 Å². The lowest BCUT2D eigenvalue weighted by atomic mass is 10.3. The van der Waals surface area contributed by atoms with Gasteiger partial charge in [-0.3, -0.25) is 5.10 Å². The molecule has 9 nitrogen and oxygen atoms in total. The average Bonchev–Trinajstić information content (AvgIpc) is 3.13. The monoisotopic (exact) mass is 331 g/mol. The van der Waals surface area contributed by atoms with Crippen LogP contribution in [0.3, 0.4) is 0 Å². The van der Waals surface area contributed by atoms with Gasteiger partial charge < -0.3 is 4.74 Å². The molecule has 2 aromatic rings. The second-order valence-corrected chi connectivity index (χ2v) is 6.73. The van der Waals surface area contributed by atoms with Gasteiger partial charge in [-0.25, -0.2) is 27.9 Å². The number of nitrogens with one attached hydrogen (secondary N) is 2. The average molecular weight is 331 g/mol. The third-order valence-corrected chi connectivity index (χ3v) is 5.34. The molecule has 0 aliphatic rings. The first kappa shape index (κ1) is 15.5. The van der Waals surface area contributed by atoms with Crippen LogP contribution < -0.4 is 4.72 Å². The minimum atomic E-state index is -3.78. The number of esters is 1. The van der Waals surface area contributed by atoms with Gasteiger partial charge >= 0.3 is 5.97 Å². The highest BCUT2D eigenvalue weighted by Gasteiger charge is 2.26. The maximum absolute atomic E-state index is 12.1. The van der Waals surface area contributed by atoms with Crippen LogP contribution in [0.1, 0.15) is 22.7 Å². The summed E-state index contributed by atoms with van der Waals surface area (Å²) in [5.74, 6) is -0.0967. The summed E-state index contributed by atoms with van der Waals surface area (Å²) in [7, 11) is -2.62. The molecule has 0 saturated heterocycles. The van der Waals surface area contributed by atoms with Gasteiger partial charge in [0.2, 0.25) is 0 Å². The van der Waals surface area contributed by atoms with Crippen LogP contribution in [0.15, 0.2) is 16.0 Å². The van der Waals surface area contributed by atoms with E-state index in [4.69, 9.17) is 0 Å². The van der Waals surface area contributed by atoms with E-state index in [0.29, 0.717) is 18.7 Å². The lowest BCUT2D eigenvalue weighted by Crippen LogP contribution is -2.26.